The first-order valence-electron chi connectivity index (χ1n) is 7.94. The Hall–Kier alpha value is -2.44. The van der Waals surface area contributed by atoms with Crippen molar-refractivity contribution in [2.75, 3.05) is 0 Å². The molecule has 0 unspecified atom stereocenters. The van der Waals surface area contributed by atoms with E-state index in [-0.39, 0.29) is 5.82 Å². The van der Waals surface area contributed by atoms with Crippen LogP contribution in [0.5, 0.6) is 0 Å². The van der Waals surface area contributed by atoms with Gasteiger partial charge in [0, 0.05) is 40.5 Å². The van der Waals surface area contributed by atoms with E-state index < -0.39 is 0 Å². The second kappa shape index (κ2) is 7.05. The Balaban J connectivity index is 1.61. The third-order valence-corrected chi connectivity index (χ3v) is 5.50. The molecule has 0 radical (unpaired) electrons. The van der Waals surface area contributed by atoms with Gasteiger partial charge in [0.2, 0.25) is 0 Å². The van der Waals surface area contributed by atoms with E-state index in [2.05, 4.69) is 15.2 Å². The van der Waals surface area contributed by atoms with E-state index in [1.54, 1.807) is 18.3 Å². The maximum atomic E-state index is 13.9. The van der Waals surface area contributed by atoms with E-state index in [1.165, 1.54) is 17.8 Å². The number of hydrogen-bond donors (Lipinski definition) is 0. The van der Waals surface area contributed by atoms with Crippen molar-refractivity contribution in [2.45, 2.75) is 10.9 Å². The van der Waals surface area contributed by atoms with Crippen LogP contribution < -0.4 is 0 Å². The molecule has 4 rings (SSSR count). The molecule has 0 aliphatic carbocycles. The fourth-order valence-corrected chi connectivity index (χ4v) is 3.97. The average molecular weight is 385 g/mol. The second-order valence-electron chi connectivity index (χ2n) is 5.76. The lowest BCUT2D eigenvalue weighted by atomic mass is 10.1. The molecule has 2 aromatic carbocycles. The van der Waals surface area contributed by atoms with Crippen molar-refractivity contribution in [3.63, 3.8) is 0 Å². The number of pyridine rings is 1. The smallest absolute Gasteiger partial charge is 0.191 e. The Morgan fingerprint density at radius 1 is 1.12 bits per heavy atom. The third-order valence-electron chi connectivity index (χ3n) is 4.10. The minimum atomic E-state index is -0.311. The summed E-state index contributed by atoms with van der Waals surface area (Å²) in [6.45, 7) is 0. The Labute approximate surface area is 159 Å². The highest BCUT2D eigenvalue weighted by molar-refractivity contribution is 7.98. The largest absolute Gasteiger partial charge is 0.305 e. The van der Waals surface area contributed by atoms with E-state index in [1.807, 2.05) is 41.9 Å². The van der Waals surface area contributed by atoms with Crippen molar-refractivity contribution in [1.29, 1.82) is 0 Å². The quantitative estimate of drug-likeness (QED) is 0.458. The summed E-state index contributed by atoms with van der Waals surface area (Å²) in [5, 5.41) is 10.7. The lowest BCUT2D eigenvalue weighted by molar-refractivity contribution is 0.617. The van der Waals surface area contributed by atoms with Crippen molar-refractivity contribution >= 4 is 34.3 Å². The SMILES string of the molecule is Cn1c(SCc2c(F)cccc2Cl)nnc1-c1ccc2ncccc2c1. The molecule has 0 amide bonds. The molecule has 130 valence electrons. The summed E-state index contributed by atoms with van der Waals surface area (Å²) in [4.78, 5) is 4.33. The van der Waals surface area contributed by atoms with Gasteiger partial charge in [-0.2, -0.15) is 0 Å². The molecule has 4 aromatic rings. The second-order valence-corrected chi connectivity index (χ2v) is 7.11. The first-order chi connectivity index (χ1) is 12.6. The Kier molecular flexibility index (Phi) is 4.61. The molecule has 0 N–H and O–H groups in total. The lowest BCUT2D eigenvalue weighted by Crippen LogP contribution is -1.96. The number of fused-ring (bicyclic) bond motifs is 1. The van der Waals surface area contributed by atoms with Gasteiger partial charge in [0.05, 0.1) is 5.52 Å². The zero-order chi connectivity index (χ0) is 18.1. The van der Waals surface area contributed by atoms with E-state index in [9.17, 15) is 4.39 Å². The molecule has 0 atom stereocenters. The number of thioether (sulfide) groups is 1. The normalized spacial score (nSPS) is 11.2. The summed E-state index contributed by atoms with van der Waals surface area (Å²) < 4.78 is 15.8. The highest BCUT2D eigenvalue weighted by atomic mass is 35.5. The van der Waals surface area contributed by atoms with Gasteiger partial charge in [-0.15, -0.1) is 10.2 Å². The van der Waals surface area contributed by atoms with Crippen LogP contribution in [0.15, 0.2) is 59.9 Å². The number of nitrogens with zero attached hydrogens (tertiary/aromatic N) is 4. The predicted octanol–water partition coefficient (Wildman–Crippen LogP) is 5.12. The summed E-state index contributed by atoms with van der Waals surface area (Å²) in [7, 11) is 1.90. The average Bonchev–Trinajstić information content (AvgIpc) is 3.01. The highest BCUT2D eigenvalue weighted by Gasteiger charge is 2.14. The molecule has 0 saturated carbocycles. The van der Waals surface area contributed by atoms with Gasteiger partial charge in [0.25, 0.3) is 0 Å². The van der Waals surface area contributed by atoms with Crippen molar-refractivity contribution in [1.82, 2.24) is 19.7 Å². The lowest BCUT2D eigenvalue weighted by Gasteiger charge is -2.07. The monoisotopic (exact) mass is 384 g/mol. The van der Waals surface area contributed by atoms with Gasteiger partial charge in [0.1, 0.15) is 5.82 Å². The summed E-state index contributed by atoms with van der Waals surface area (Å²) in [5.74, 6) is 0.825. The van der Waals surface area contributed by atoms with E-state index in [0.29, 0.717) is 21.5 Å². The molecular weight excluding hydrogens is 371 g/mol. The molecule has 4 nitrogen and oxygen atoms in total. The summed E-state index contributed by atoms with van der Waals surface area (Å²) >= 11 is 7.49. The number of hydrogen-bond acceptors (Lipinski definition) is 4. The van der Waals surface area contributed by atoms with Crippen LogP contribution in [0.3, 0.4) is 0 Å². The fourth-order valence-electron chi connectivity index (χ4n) is 2.71. The molecule has 2 aromatic heterocycles. The van der Waals surface area contributed by atoms with Crippen LogP contribution in [0.2, 0.25) is 5.02 Å². The van der Waals surface area contributed by atoms with Gasteiger partial charge in [-0.05, 0) is 36.4 Å². The number of aromatic nitrogens is 4. The standard InChI is InChI=1S/C19H14ClFN4S/c1-25-18(13-7-8-17-12(10-13)4-3-9-22-17)23-24-19(25)26-11-14-15(20)5-2-6-16(14)21/h2-10H,11H2,1H3. The number of rotatable bonds is 4. The van der Waals surface area contributed by atoms with Crippen LogP contribution in [-0.4, -0.2) is 19.7 Å². The minimum Gasteiger partial charge on any atom is -0.305 e. The number of halogens is 2. The van der Waals surface area contributed by atoms with Crippen LogP contribution in [0.4, 0.5) is 4.39 Å². The molecule has 0 fully saturated rings. The van der Waals surface area contributed by atoms with Crippen molar-refractivity contribution in [3.05, 3.63) is 71.1 Å². The Bertz CT molecular complexity index is 1080. The van der Waals surface area contributed by atoms with Gasteiger partial charge in [-0.3, -0.25) is 4.98 Å². The zero-order valence-electron chi connectivity index (χ0n) is 13.9. The van der Waals surface area contributed by atoms with E-state index >= 15 is 0 Å². The fraction of sp³-hybridized carbons (Fsp3) is 0.105. The van der Waals surface area contributed by atoms with Crippen LogP contribution >= 0.6 is 23.4 Å². The van der Waals surface area contributed by atoms with Crippen molar-refractivity contribution in [3.8, 4) is 11.4 Å². The summed E-state index contributed by atoms with van der Waals surface area (Å²) in [6, 6.07) is 14.6. The maximum absolute atomic E-state index is 13.9. The molecule has 26 heavy (non-hydrogen) atoms. The molecule has 0 saturated heterocycles. The van der Waals surface area contributed by atoms with Crippen molar-refractivity contribution < 1.29 is 4.39 Å². The van der Waals surface area contributed by atoms with Crippen LogP contribution in [0, 0.1) is 5.82 Å². The summed E-state index contributed by atoms with van der Waals surface area (Å²) in [6.07, 6.45) is 1.77. The molecule has 2 heterocycles. The maximum Gasteiger partial charge on any atom is 0.191 e. The molecular formula is C19H14ClFN4S. The molecule has 0 aliphatic rings. The molecule has 0 aliphatic heterocycles. The van der Waals surface area contributed by atoms with Crippen LogP contribution in [0.25, 0.3) is 22.3 Å². The van der Waals surface area contributed by atoms with Gasteiger partial charge in [0.15, 0.2) is 11.0 Å². The molecule has 0 bridgehead atoms. The van der Waals surface area contributed by atoms with Crippen LogP contribution in [-0.2, 0) is 12.8 Å². The highest BCUT2D eigenvalue weighted by Crippen LogP contribution is 2.30. The third kappa shape index (κ3) is 3.18. The van der Waals surface area contributed by atoms with Gasteiger partial charge >= 0.3 is 0 Å². The van der Waals surface area contributed by atoms with E-state index in [4.69, 9.17) is 11.6 Å². The van der Waals surface area contributed by atoms with Crippen LogP contribution in [0.1, 0.15) is 5.56 Å². The molecule has 0 spiro atoms. The predicted molar refractivity (Wildman–Crippen MR) is 103 cm³/mol. The van der Waals surface area contributed by atoms with Gasteiger partial charge in [-0.25, -0.2) is 4.39 Å². The Morgan fingerprint density at radius 3 is 2.85 bits per heavy atom. The summed E-state index contributed by atoms with van der Waals surface area (Å²) in [5.41, 5.74) is 2.36. The number of benzene rings is 2. The van der Waals surface area contributed by atoms with Gasteiger partial charge < -0.3 is 4.57 Å². The zero-order valence-corrected chi connectivity index (χ0v) is 15.4. The first kappa shape index (κ1) is 17.0. The molecule has 7 heteroatoms. The Morgan fingerprint density at radius 2 is 2.00 bits per heavy atom. The minimum absolute atomic E-state index is 0.311. The first-order valence-corrected chi connectivity index (χ1v) is 9.30. The topological polar surface area (TPSA) is 43.6 Å². The van der Waals surface area contributed by atoms with Gasteiger partial charge in [-0.1, -0.05) is 35.5 Å². The van der Waals surface area contributed by atoms with Crippen molar-refractivity contribution in [2.24, 2.45) is 7.05 Å². The van der Waals surface area contributed by atoms with E-state index in [0.717, 1.165) is 22.3 Å².